The van der Waals surface area contributed by atoms with Gasteiger partial charge in [-0.05, 0) is 18.2 Å². The molecule has 0 amide bonds. The number of rotatable bonds is 5. The fourth-order valence-corrected chi connectivity index (χ4v) is 0.804. The summed E-state index contributed by atoms with van der Waals surface area (Å²) in [5, 5.41) is 27.3. The lowest BCUT2D eigenvalue weighted by atomic mass is 10.2. The van der Waals surface area contributed by atoms with Gasteiger partial charge in [0, 0.05) is 6.42 Å². The Kier molecular flexibility index (Phi) is 4.60. The third-order valence-electron chi connectivity index (χ3n) is 1.76. The lowest BCUT2D eigenvalue weighted by molar-refractivity contribution is -1.27. The van der Waals surface area contributed by atoms with Gasteiger partial charge in [0.25, 0.3) is 6.23 Å². The van der Waals surface area contributed by atoms with Crippen LogP contribution in [0.15, 0.2) is 0 Å². The molecule has 68 valence electrons. The van der Waals surface area contributed by atoms with Gasteiger partial charge < -0.3 is 5.11 Å². The normalized spacial score (nSPS) is 15.0. The Balaban J connectivity index is 3.71. The van der Waals surface area contributed by atoms with Crippen molar-refractivity contribution in [2.75, 3.05) is 6.54 Å². The van der Waals surface area contributed by atoms with E-state index in [2.05, 4.69) is 0 Å². The minimum Gasteiger partial charge on any atom is -0.340 e. The molecular weight excluding hydrogens is 146 g/mol. The van der Waals surface area contributed by atoms with Crippen molar-refractivity contribution < 1.29 is 20.3 Å². The van der Waals surface area contributed by atoms with E-state index in [-0.39, 0.29) is 6.54 Å². The molecule has 0 heterocycles. The molecule has 0 aliphatic carbocycles. The van der Waals surface area contributed by atoms with Crippen LogP contribution in [0.4, 0.5) is 0 Å². The first-order valence-corrected chi connectivity index (χ1v) is 4.06. The molecule has 0 aliphatic rings. The Labute approximate surface area is 67.2 Å². The number of hydrogen-bond acceptors (Lipinski definition) is 3. The SMILES string of the molecule is CCCCC(O)[N+](O)(O)CC. The van der Waals surface area contributed by atoms with E-state index in [0.717, 1.165) is 12.8 Å². The minimum absolute atomic E-state index is 0.102. The van der Waals surface area contributed by atoms with Gasteiger partial charge in [0.05, 0.1) is 0 Å². The quantitative estimate of drug-likeness (QED) is 0.324. The molecule has 1 unspecified atom stereocenters. The Morgan fingerprint density at radius 1 is 1.27 bits per heavy atom. The zero-order chi connectivity index (χ0) is 8.91. The van der Waals surface area contributed by atoms with E-state index in [1.54, 1.807) is 6.92 Å². The summed E-state index contributed by atoms with van der Waals surface area (Å²) in [7, 11) is 0. The zero-order valence-corrected chi connectivity index (χ0v) is 7.19. The third-order valence-corrected chi connectivity index (χ3v) is 1.76. The van der Waals surface area contributed by atoms with E-state index in [1.165, 1.54) is 0 Å². The first-order valence-electron chi connectivity index (χ1n) is 4.06. The average Bonchev–Trinajstić information content (AvgIpc) is 2.00. The summed E-state index contributed by atoms with van der Waals surface area (Å²) in [4.78, 5) is -1.28. The van der Waals surface area contributed by atoms with Gasteiger partial charge in [0.15, 0.2) is 0 Å². The monoisotopic (exact) mass is 164 g/mol. The molecule has 0 spiro atoms. The van der Waals surface area contributed by atoms with Gasteiger partial charge >= 0.3 is 0 Å². The molecule has 0 rings (SSSR count). The molecule has 0 saturated carbocycles. The summed E-state index contributed by atoms with van der Waals surface area (Å²) < 4.78 is 0. The molecule has 4 heteroatoms. The van der Waals surface area contributed by atoms with Crippen LogP contribution in [0.3, 0.4) is 0 Å². The average molecular weight is 164 g/mol. The summed E-state index contributed by atoms with van der Waals surface area (Å²) in [6.45, 7) is 3.70. The third kappa shape index (κ3) is 3.67. The van der Waals surface area contributed by atoms with E-state index >= 15 is 0 Å². The maximum absolute atomic E-state index is 9.18. The van der Waals surface area contributed by atoms with Crippen LogP contribution in [-0.4, -0.2) is 33.1 Å². The van der Waals surface area contributed by atoms with Gasteiger partial charge in [0.2, 0.25) is 0 Å². The van der Waals surface area contributed by atoms with Crippen LogP contribution in [-0.2, 0) is 0 Å². The number of quaternary nitrogens is 1. The molecule has 0 bridgehead atoms. The molecule has 0 aliphatic heterocycles. The zero-order valence-electron chi connectivity index (χ0n) is 7.19. The highest BCUT2D eigenvalue weighted by atomic mass is 16.9. The smallest absolute Gasteiger partial charge is 0.252 e. The predicted octanol–water partition coefficient (Wildman–Crippen LogP) is 1.11. The molecule has 0 fully saturated rings. The second kappa shape index (κ2) is 4.66. The second-order valence-electron chi connectivity index (χ2n) is 2.72. The Bertz CT molecular complexity index is 106. The molecule has 4 nitrogen and oxygen atoms in total. The second-order valence-corrected chi connectivity index (χ2v) is 2.72. The largest absolute Gasteiger partial charge is 0.340 e. The highest BCUT2D eigenvalue weighted by Crippen LogP contribution is 2.09. The molecule has 3 N–H and O–H groups in total. The van der Waals surface area contributed by atoms with Gasteiger partial charge in [-0.15, -0.1) is 0 Å². The van der Waals surface area contributed by atoms with Gasteiger partial charge in [-0.1, -0.05) is 13.3 Å². The molecule has 0 aromatic heterocycles. The van der Waals surface area contributed by atoms with Crippen molar-refractivity contribution in [1.82, 2.24) is 0 Å². The molecular formula is C7H18NO3+. The number of aliphatic hydroxyl groups is 1. The van der Waals surface area contributed by atoms with Crippen molar-refractivity contribution in [3.8, 4) is 0 Å². The Morgan fingerprint density at radius 2 is 1.82 bits per heavy atom. The first kappa shape index (κ1) is 10.8. The van der Waals surface area contributed by atoms with Crippen LogP contribution in [0.25, 0.3) is 0 Å². The van der Waals surface area contributed by atoms with Crippen molar-refractivity contribution in [2.24, 2.45) is 0 Å². The lowest BCUT2D eigenvalue weighted by Gasteiger charge is -2.24. The van der Waals surface area contributed by atoms with Crippen LogP contribution < -0.4 is 0 Å². The van der Waals surface area contributed by atoms with Crippen molar-refractivity contribution in [2.45, 2.75) is 39.3 Å². The molecule has 0 aromatic carbocycles. The van der Waals surface area contributed by atoms with Crippen molar-refractivity contribution in [1.29, 1.82) is 0 Å². The summed E-state index contributed by atoms with van der Waals surface area (Å²) in [6.07, 6.45) is 1.11. The van der Waals surface area contributed by atoms with Gasteiger partial charge in [-0.2, -0.15) is 10.4 Å². The van der Waals surface area contributed by atoms with Crippen molar-refractivity contribution in [3.63, 3.8) is 0 Å². The van der Waals surface area contributed by atoms with Crippen LogP contribution in [0, 0.1) is 0 Å². The number of hydrogen-bond donors (Lipinski definition) is 3. The van der Waals surface area contributed by atoms with Crippen molar-refractivity contribution in [3.05, 3.63) is 0 Å². The fourth-order valence-electron chi connectivity index (χ4n) is 0.804. The molecule has 0 aromatic rings. The first-order chi connectivity index (χ1) is 5.04. The Hall–Kier alpha value is -0.160. The van der Waals surface area contributed by atoms with Gasteiger partial charge in [-0.25, -0.2) is 0 Å². The maximum Gasteiger partial charge on any atom is 0.252 e. The summed E-state index contributed by atoms with van der Waals surface area (Å²) >= 11 is 0. The summed E-state index contributed by atoms with van der Waals surface area (Å²) in [6, 6.07) is 0. The number of aliphatic hydroxyl groups excluding tert-OH is 1. The topological polar surface area (TPSA) is 60.7 Å². The van der Waals surface area contributed by atoms with E-state index in [9.17, 15) is 5.11 Å². The molecule has 1 atom stereocenters. The standard InChI is InChI=1S/C7H18NO3/c1-3-5-6-7(9)8(10,11)4-2/h7,9-11H,3-6H2,1-2H3/q+1. The summed E-state index contributed by atoms with van der Waals surface area (Å²) in [5.41, 5.74) is 0. The molecule has 11 heavy (non-hydrogen) atoms. The predicted molar refractivity (Wildman–Crippen MR) is 39.9 cm³/mol. The van der Waals surface area contributed by atoms with Crippen LogP contribution in [0.1, 0.15) is 33.1 Å². The van der Waals surface area contributed by atoms with Gasteiger partial charge in [-0.3, -0.25) is 0 Å². The lowest BCUT2D eigenvalue weighted by Crippen LogP contribution is -2.49. The molecule has 0 saturated heterocycles. The number of nitrogens with zero attached hydrogens (tertiary/aromatic N) is 1. The van der Waals surface area contributed by atoms with E-state index in [0.29, 0.717) is 6.42 Å². The van der Waals surface area contributed by atoms with E-state index in [4.69, 9.17) is 10.4 Å². The van der Waals surface area contributed by atoms with Crippen molar-refractivity contribution >= 4 is 0 Å². The van der Waals surface area contributed by atoms with E-state index < -0.39 is 11.0 Å². The number of hydroxylamine groups is 4. The Morgan fingerprint density at radius 3 is 2.18 bits per heavy atom. The van der Waals surface area contributed by atoms with Gasteiger partial charge in [0.1, 0.15) is 6.54 Å². The van der Waals surface area contributed by atoms with Crippen LogP contribution in [0.2, 0.25) is 0 Å². The minimum atomic E-state index is -1.28. The van der Waals surface area contributed by atoms with E-state index in [1.807, 2.05) is 6.92 Å². The summed E-state index contributed by atoms with van der Waals surface area (Å²) in [5.74, 6) is 0. The highest BCUT2D eigenvalue weighted by molar-refractivity contribution is 4.39. The fraction of sp³-hybridized carbons (Fsp3) is 1.00. The number of unbranched alkanes of at least 4 members (excludes halogenated alkanes) is 1. The maximum atomic E-state index is 9.18. The molecule has 0 radical (unpaired) electrons. The highest BCUT2D eigenvalue weighted by Gasteiger charge is 2.30. The van der Waals surface area contributed by atoms with Crippen LogP contribution in [0.5, 0.6) is 0 Å². The van der Waals surface area contributed by atoms with Crippen LogP contribution >= 0.6 is 0 Å².